The molecule has 0 atom stereocenters. The van der Waals surface area contributed by atoms with Gasteiger partial charge in [0.2, 0.25) is 0 Å². The Morgan fingerprint density at radius 1 is 1.07 bits per heavy atom. The number of para-hydroxylation sites is 1. The maximum Gasteiger partial charge on any atom is 0.261 e. The third-order valence-corrected chi connectivity index (χ3v) is 6.30. The number of nitrogens with zero attached hydrogens (tertiary/aromatic N) is 1. The van der Waals surface area contributed by atoms with Gasteiger partial charge in [0, 0.05) is 18.7 Å². The molecular formula is C21H26N2O3S. The Morgan fingerprint density at radius 3 is 2.41 bits per heavy atom. The highest BCUT2D eigenvalue weighted by Crippen LogP contribution is 2.29. The Morgan fingerprint density at radius 2 is 1.74 bits per heavy atom. The van der Waals surface area contributed by atoms with Crippen molar-refractivity contribution >= 4 is 21.6 Å². The van der Waals surface area contributed by atoms with Crippen molar-refractivity contribution in [1.29, 1.82) is 0 Å². The van der Waals surface area contributed by atoms with Gasteiger partial charge in [-0.25, -0.2) is 8.42 Å². The van der Waals surface area contributed by atoms with Crippen LogP contribution in [-0.2, 0) is 10.0 Å². The van der Waals surface area contributed by atoms with Crippen molar-refractivity contribution in [2.75, 3.05) is 17.8 Å². The number of nitrogens with one attached hydrogen (secondary N) is 1. The maximum absolute atomic E-state index is 13.0. The molecule has 0 bridgehead atoms. The molecule has 1 aliphatic heterocycles. The third-order valence-electron chi connectivity index (χ3n) is 4.95. The number of hydrogen-bond donors (Lipinski definition) is 1. The molecule has 1 amide bonds. The SMILES string of the molecule is Cc1cccc(C(C)C)c1NS(=O)(=O)c1cccc(C(=O)N2CCCC2)c1. The molecule has 3 rings (SSSR count). The van der Waals surface area contributed by atoms with Crippen LogP contribution in [0, 0.1) is 6.92 Å². The highest BCUT2D eigenvalue weighted by molar-refractivity contribution is 7.92. The summed E-state index contributed by atoms with van der Waals surface area (Å²) in [6.07, 6.45) is 1.99. The van der Waals surface area contributed by atoms with Gasteiger partial charge in [-0.05, 0) is 55.0 Å². The summed E-state index contributed by atoms with van der Waals surface area (Å²) in [7, 11) is -3.79. The van der Waals surface area contributed by atoms with E-state index in [-0.39, 0.29) is 16.7 Å². The summed E-state index contributed by atoms with van der Waals surface area (Å²) in [5, 5.41) is 0. The van der Waals surface area contributed by atoms with Crippen LogP contribution in [0.25, 0.3) is 0 Å². The first-order chi connectivity index (χ1) is 12.8. The topological polar surface area (TPSA) is 66.5 Å². The van der Waals surface area contributed by atoms with Crippen LogP contribution in [0.2, 0.25) is 0 Å². The van der Waals surface area contributed by atoms with Gasteiger partial charge in [-0.1, -0.05) is 38.1 Å². The third kappa shape index (κ3) is 4.16. The molecule has 0 unspecified atom stereocenters. The van der Waals surface area contributed by atoms with E-state index < -0.39 is 10.0 Å². The number of carbonyl (C=O) groups excluding carboxylic acids is 1. The molecule has 0 aliphatic carbocycles. The standard InChI is InChI=1S/C21H26N2O3S/c1-15(2)19-11-6-8-16(3)20(19)22-27(25,26)18-10-7-9-17(14-18)21(24)23-12-4-5-13-23/h6-11,14-15,22H,4-5,12-13H2,1-3H3. The maximum atomic E-state index is 13.0. The van der Waals surface area contributed by atoms with Crippen LogP contribution in [-0.4, -0.2) is 32.3 Å². The van der Waals surface area contributed by atoms with E-state index in [1.807, 2.05) is 39.0 Å². The Hall–Kier alpha value is -2.34. The van der Waals surface area contributed by atoms with Crippen LogP contribution in [0.15, 0.2) is 47.4 Å². The first-order valence-corrected chi connectivity index (χ1v) is 10.8. The summed E-state index contributed by atoms with van der Waals surface area (Å²) in [5.41, 5.74) is 2.84. The van der Waals surface area contributed by atoms with Crippen molar-refractivity contribution in [3.63, 3.8) is 0 Å². The summed E-state index contributed by atoms with van der Waals surface area (Å²) >= 11 is 0. The average Bonchev–Trinajstić information content (AvgIpc) is 3.17. The van der Waals surface area contributed by atoms with Gasteiger partial charge in [0.15, 0.2) is 0 Å². The minimum Gasteiger partial charge on any atom is -0.339 e. The second kappa shape index (κ2) is 7.72. The molecule has 1 fully saturated rings. The lowest BCUT2D eigenvalue weighted by Gasteiger charge is -2.18. The molecule has 0 radical (unpaired) electrons. The Kier molecular flexibility index (Phi) is 5.56. The molecule has 1 heterocycles. The van der Waals surface area contributed by atoms with Crippen molar-refractivity contribution in [2.45, 2.75) is 44.4 Å². The fraction of sp³-hybridized carbons (Fsp3) is 0.381. The summed E-state index contributed by atoms with van der Waals surface area (Å²) in [6.45, 7) is 7.41. The van der Waals surface area contributed by atoms with E-state index >= 15 is 0 Å². The Bertz CT molecular complexity index is 946. The fourth-order valence-electron chi connectivity index (χ4n) is 3.40. The van der Waals surface area contributed by atoms with Gasteiger partial charge >= 0.3 is 0 Å². The second-order valence-corrected chi connectivity index (χ2v) is 9.01. The van der Waals surface area contributed by atoms with Gasteiger partial charge in [-0.3, -0.25) is 9.52 Å². The van der Waals surface area contributed by atoms with Crippen molar-refractivity contribution < 1.29 is 13.2 Å². The highest BCUT2D eigenvalue weighted by atomic mass is 32.2. The molecule has 144 valence electrons. The van der Waals surface area contributed by atoms with Gasteiger partial charge in [-0.15, -0.1) is 0 Å². The number of amides is 1. The summed E-state index contributed by atoms with van der Waals surface area (Å²) in [4.78, 5) is 14.5. The number of sulfonamides is 1. The number of aryl methyl sites for hydroxylation is 1. The van der Waals surface area contributed by atoms with Crippen molar-refractivity contribution in [3.05, 3.63) is 59.2 Å². The van der Waals surface area contributed by atoms with Gasteiger partial charge in [0.05, 0.1) is 10.6 Å². The largest absolute Gasteiger partial charge is 0.339 e. The van der Waals surface area contributed by atoms with Crippen LogP contribution >= 0.6 is 0 Å². The lowest BCUT2D eigenvalue weighted by Crippen LogP contribution is -2.27. The van der Waals surface area contributed by atoms with Crippen LogP contribution in [0.4, 0.5) is 5.69 Å². The minimum atomic E-state index is -3.79. The molecule has 0 spiro atoms. The molecule has 2 aromatic carbocycles. The van der Waals surface area contributed by atoms with Crippen LogP contribution in [0.3, 0.4) is 0 Å². The molecular weight excluding hydrogens is 360 g/mol. The molecule has 0 saturated carbocycles. The van der Waals surface area contributed by atoms with Crippen molar-refractivity contribution in [2.24, 2.45) is 0 Å². The number of carbonyl (C=O) groups is 1. The minimum absolute atomic E-state index is 0.102. The number of rotatable bonds is 5. The quantitative estimate of drug-likeness (QED) is 0.839. The second-order valence-electron chi connectivity index (χ2n) is 7.33. The lowest BCUT2D eigenvalue weighted by molar-refractivity contribution is 0.0792. The molecule has 5 nitrogen and oxygen atoms in total. The number of anilines is 1. The normalized spacial score (nSPS) is 14.6. The predicted molar refractivity (Wildman–Crippen MR) is 108 cm³/mol. The lowest BCUT2D eigenvalue weighted by atomic mass is 9.99. The number of likely N-dealkylation sites (tertiary alicyclic amines) is 1. The van der Waals surface area contributed by atoms with E-state index in [1.54, 1.807) is 17.0 Å². The van der Waals surface area contributed by atoms with E-state index in [9.17, 15) is 13.2 Å². The van der Waals surface area contributed by atoms with Crippen LogP contribution in [0.5, 0.6) is 0 Å². The molecule has 1 saturated heterocycles. The van der Waals surface area contributed by atoms with Gasteiger partial charge in [-0.2, -0.15) is 0 Å². The van der Waals surface area contributed by atoms with Crippen LogP contribution in [0.1, 0.15) is 54.1 Å². The van der Waals surface area contributed by atoms with Crippen molar-refractivity contribution in [1.82, 2.24) is 4.90 Å². The van der Waals surface area contributed by atoms with Gasteiger partial charge < -0.3 is 4.90 Å². The summed E-state index contributed by atoms with van der Waals surface area (Å²) in [5.74, 6) is 0.0778. The average molecular weight is 387 g/mol. The molecule has 2 aromatic rings. The van der Waals surface area contributed by atoms with Crippen LogP contribution < -0.4 is 4.72 Å². The predicted octanol–water partition coefficient (Wildman–Crippen LogP) is 4.16. The molecule has 1 N–H and O–H groups in total. The molecule has 0 aromatic heterocycles. The fourth-order valence-corrected chi connectivity index (χ4v) is 4.61. The van der Waals surface area contributed by atoms with E-state index in [0.717, 1.165) is 37.1 Å². The Balaban J connectivity index is 1.92. The molecule has 6 heteroatoms. The van der Waals surface area contributed by atoms with Crippen molar-refractivity contribution in [3.8, 4) is 0 Å². The smallest absolute Gasteiger partial charge is 0.261 e. The highest BCUT2D eigenvalue weighted by Gasteiger charge is 2.23. The number of benzene rings is 2. The zero-order chi connectivity index (χ0) is 19.6. The summed E-state index contributed by atoms with van der Waals surface area (Å²) in [6, 6.07) is 12.0. The summed E-state index contributed by atoms with van der Waals surface area (Å²) < 4.78 is 28.7. The van der Waals surface area contributed by atoms with E-state index in [4.69, 9.17) is 0 Å². The van der Waals surface area contributed by atoms with E-state index in [0.29, 0.717) is 11.3 Å². The first-order valence-electron chi connectivity index (χ1n) is 9.31. The van der Waals surface area contributed by atoms with Gasteiger partial charge in [0.25, 0.3) is 15.9 Å². The zero-order valence-electron chi connectivity index (χ0n) is 16.0. The molecule has 27 heavy (non-hydrogen) atoms. The monoisotopic (exact) mass is 386 g/mol. The molecule has 1 aliphatic rings. The van der Waals surface area contributed by atoms with E-state index in [2.05, 4.69) is 4.72 Å². The zero-order valence-corrected chi connectivity index (χ0v) is 16.8. The van der Waals surface area contributed by atoms with E-state index in [1.165, 1.54) is 12.1 Å². The van der Waals surface area contributed by atoms with Gasteiger partial charge in [0.1, 0.15) is 0 Å². The Labute approximate surface area is 161 Å². The number of hydrogen-bond acceptors (Lipinski definition) is 3. The first kappa shape index (κ1) is 19.4.